The van der Waals surface area contributed by atoms with Crippen LogP contribution in [0.2, 0.25) is 0 Å². The third kappa shape index (κ3) is 6.39. The molecule has 0 radical (unpaired) electrons. The Hall–Kier alpha value is -3.74. The Labute approximate surface area is 213 Å². The first-order valence-electron chi connectivity index (χ1n) is 11.5. The smallest absolute Gasteiger partial charge is 0.496 e. The minimum absolute atomic E-state index is 0.116. The summed E-state index contributed by atoms with van der Waals surface area (Å²) < 4.78 is 95.1. The Morgan fingerprint density at radius 1 is 1.08 bits per heavy atom. The van der Waals surface area contributed by atoms with Crippen molar-refractivity contribution in [2.24, 2.45) is 0 Å². The van der Waals surface area contributed by atoms with Crippen LogP contribution in [-0.4, -0.2) is 35.8 Å². The van der Waals surface area contributed by atoms with Crippen LogP contribution in [0.15, 0.2) is 48.5 Å². The fourth-order valence-corrected chi connectivity index (χ4v) is 4.09. The molecule has 7 nitrogen and oxygen atoms in total. The quantitative estimate of drug-likeness (QED) is 0.365. The van der Waals surface area contributed by atoms with Crippen LogP contribution >= 0.6 is 0 Å². The number of carbonyl (C=O) groups excluding carboxylic acids is 1. The zero-order valence-electron chi connectivity index (χ0n) is 20.0. The third-order valence-corrected chi connectivity index (χ3v) is 5.80. The number of para-hydroxylation sites is 1. The van der Waals surface area contributed by atoms with Crippen LogP contribution in [0.1, 0.15) is 47.1 Å². The number of benzene rings is 2. The predicted octanol–water partition coefficient (Wildman–Crippen LogP) is 6.11. The number of alkyl halides is 6. The molecule has 204 valence electrons. The van der Waals surface area contributed by atoms with Crippen LogP contribution in [0.3, 0.4) is 0 Å². The fraction of sp³-hybridized carbons (Fsp3) is 0.360. The van der Waals surface area contributed by atoms with Crippen LogP contribution in [0.25, 0.3) is 11.3 Å². The van der Waals surface area contributed by atoms with Gasteiger partial charge in [0.2, 0.25) is 0 Å². The second-order valence-corrected chi connectivity index (χ2v) is 8.43. The molecule has 0 saturated carbocycles. The van der Waals surface area contributed by atoms with Crippen LogP contribution < -0.4 is 14.8 Å². The first-order chi connectivity index (χ1) is 18.0. The largest absolute Gasteiger partial charge is 0.573 e. The van der Waals surface area contributed by atoms with Gasteiger partial charge in [-0.1, -0.05) is 12.1 Å². The molecule has 1 aromatic heterocycles. The van der Waals surface area contributed by atoms with Gasteiger partial charge in [-0.3, -0.25) is 4.79 Å². The summed E-state index contributed by atoms with van der Waals surface area (Å²) in [4.78, 5) is 12.7. The second kappa shape index (κ2) is 10.9. The van der Waals surface area contributed by atoms with E-state index in [2.05, 4.69) is 15.2 Å². The summed E-state index contributed by atoms with van der Waals surface area (Å²) in [6.45, 7) is 0.207. The average Bonchev–Trinajstić information content (AvgIpc) is 3.30. The maximum Gasteiger partial charge on any atom is 0.573 e. The van der Waals surface area contributed by atoms with Gasteiger partial charge in [-0.05, 0) is 55.7 Å². The number of hydrogen-bond acceptors (Lipinski definition) is 5. The predicted molar refractivity (Wildman–Crippen MR) is 122 cm³/mol. The Morgan fingerprint density at radius 2 is 1.84 bits per heavy atom. The molecule has 13 heteroatoms. The lowest BCUT2D eigenvalue weighted by molar-refractivity contribution is -0.274. The van der Waals surface area contributed by atoms with Gasteiger partial charge < -0.3 is 19.5 Å². The third-order valence-electron chi connectivity index (χ3n) is 5.80. The summed E-state index contributed by atoms with van der Waals surface area (Å²) in [6, 6.07) is 9.39. The molecule has 2 aromatic carbocycles. The Kier molecular flexibility index (Phi) is 7.86. The van der Waals surface area contributed by atoms with E-state index < -0.39 is 36.0 Å². The normalized spacial score (nSPS) is 16.2. The number of hydrogen-bond donors (Lipinski definition) is 1. The summed E-state index contributed by atoms with van der Waals surface area (Å²) in [5.41, 5.74) is -0.604. The molecule has 3 aromatic rings. The van der Waals surface area contributed by atoms with Gasteiger partial charge >= 0.3 is 12.5 Å². The van der Waals surface area contributed by atoms with Gasteiger partial charge in [0.15, 0.2) is 6.23 Å². The highest BCUT2D eigenvalue weighted by Gasteiger charge is 2.34. The minimum atomic E-state index is -4.99. The molecule has 1 aliphatic heterocycles. The van der Waals surface area contributed by atoms with Gasteiger partial charge in [0.05, 0.1) is 36.2 Å². The van der Waals surface area contributed by atoms with Crippen molar-refractivity contribution in [3.05, 3.63) is 65.4 Å². The highest BCUT2D eigenvalue weighted by molar-refractivity contribution is 5.96. The molecule has 4 rings (SSSR count). The summed E-state index contributed by atoms with van der Waals surface area (Å²) in [7, 11) is 1.32. The molecule has 2 heterocycles. The number of amides is 1. The number of carbonyl (C=O) groups is 1. The van der Waals surface area contributed by atoms with Gasteiger partial charge in [-0.15, -0.1) is 13.2 Å². The van der Waals surface area contributed by atoms with E-state index in [1.54, 1.807) is 0 Å². The molecule has 0 spiro atoms. The number of ether oxygens (including phenoxy) is 3. The van der Waals surface area contributed by atoms with Crippen LogP contribution in [0.5, 0.6) is 11.5 Å². The molecule has 0 bridgehead atoms. The van der Waals surface area contributed by atoms with Crippen molar-refractivity contribution in [2.75, 3.05) is 13.7 Å². The van der Waals surface area contributed by atoms with Crippen molar-refractivity contribution in [1.82, 2.24) is 15.1 Å². The van der Waals surface area contributed by atoms with Crippen molar-refractivity contribution >= 4 is 5.91 Å². The SMILES string of the molecule is COc1ccc(C(F)(F)F)cc1-c1cc(CNC(=O)c2ccccc2OC(F)(F)F)nn1C1CCCCO1. The average molecular weight is 543 g/mol. The van der Waals surface area contributed by atoms with E-state index >= 15 is 0 Å². The van der Waals surface area contributed by atoms with E-state index in [-0.39, 0.29) is 34.8 Å². The van der Waals surface area contributed by atoms with E-state index in [4.69, 9.17) is 9.47 Å². The van der Waals surface area contributed by atoms with Gasteiger partial charge in [0.1, 0.15) is 11.5 Å². The van der Waals surface area contributed by atoms with E-state index in [9.17, 15) is 31.1 Å². The Bertz CT molecular complexity index is 1280. The highest BCUT2D eigenvalue weighted by Crippen LogP contribution is 2.39. The maximum atomic E-state index is 13.5. The number of nitrogens with one attached hydrogen (secondary N) is 1. The molecular weight excluding hydrogens is 520 g/mol. The van der Waals surface area contributed by atoms with E-state index in [0.717, 1.165) is 31.0 Å². The minimum Gasteiger partial charge on any atom is -0.496 e. The molecule has 1 atom stereocenters. The zero-order chi connectivity index (χ0) is 27.5. The lowest BCUT2D eigenvalue weighted by Crippen LogP contribution is -2.26. The van der Waals surface area contributed by atoms with Crippen molar-refractivity contribution in [3.8, 4) is 22.8 Å². The Balaban J connectivity index is 1.66. The fourth-order valence-electron chi connectivity index (χ4n) is 4.09. The summed E-state index contributed by atoms with van der Waals surface area (Å²) in [6.07, 6.45) is -7.97. The topological polar surface area (TPSA) is 74.6 Å². The molecule has 1 fully saturated rings. The monoisotopic (exact) mass is 543 g/mol. The molecular formula is C25H23F6N3O4. The first-order valence-corrected chi connectivity index (χ1v) is 11.5. The number of nitrogens with zero attached hydrogens (tertiary/aromatic N) is 2. The molecule has 38 heavy (non-hydrogen) atoms. The number of methoxy groups -OCH3 is 1. The number of aromatic nitrogens is 2. The van der Waals surface area contributed by atoms with Gasteiger partial charge in [-0.25, -0.2) is 4.68 Å². The maximum absolute atomic E-state index is 13.5. The zero-order valence-corrected chi connectivity index (χ0v) is 20.0. The van der Waals surface area contributed by atoms with Crippen LogP contribution in [-0.2, 0) is 17.5 Å². The summed E-state index contributed by atoms with van der Waals surface area (Å²) >= 11 is 0. The van der Waals surface area contributed by atoms with E-state index in [1.807, 2.05) is 0 Å². The van der Waals surface area contributed by atoms with Crippen molar-refractivity contribution in [3.63, 3.8) is 0 Å². The molecule has 1 saturated heterocycles. The van der Waals surface area contributed by atoms with Crippen LogP contribution in [0, 0.1) is 0 Å². The molecule has 1 aliphatic rings. The number of rotatable bonds is 7. The summed E-state index contributed by atoms with van der Waals surface area (Å²) in [5.74, 6) is -1.36. The van der Waals surface area contributed by atoms with Crippen LogP contribution in [0.4, 0.5) is 26.3 Å². The second-order valence-electron chi connectivity index (χ2n) is 8.43. The lowest BCUT2D eigenvalue weighted by Gasteiger charge is -2.25. The molecule has 1 amide bonds. The Morgan fingerprint density at radius 3 is 2.50 bits per heavy atom. The molecule has 1 N–H and O–H groups in total. The lowest BCUT2D eigenvalue weighted by atomic mass is 10.1. The molecule has 1 unspecified atom stereocenters. The first kappa shape index (κ1) is 27.3. The van der Waals surface area contributed by atoms with E-state index in [0.29, 0.717) is 13.0 Å². The number of halogens is 6. The highest BCUT2D eigenvalue weighted by atomic mass is 19.4. The van der Waals surface area contributed by atoms with Gasteiger partial charge in [0, 0.05) is 12.2 Å². The summed E-state index contributed by atoms with van der Waals surface area (Å²) in [5, 5.41) is 6.94. The van der Waals surface area contributed by atoms with E-state index in [1.165, 1.54) is 42.1 Å². The van der Waals surface area contributed by atoms with Gasteiger partial charge in [-0.2, -0.15) is 18.3 Å². The standard InChI is InChI=1S/C25H23F6N3O4/c1-36-20-10-9-15(24(26,27)28)12-18(20)19-13-16(33-34(19)22-8-4-5-11-37-22)14-32-23(35)17-6-2-3-7-21(17)38-25(29,30)31/h2-3,6-7,9-10,12-13,22H,4-5,8,11,14H2,1H3,(H,32,35). The van der Waals surface area contributed by atoms with Crippen molar-refractivity contribution < 1.29 is 45.3 Å². The van der Waals surface area contributed by atoms with Crippen molar-refractivity contribution in [1.29, 1.82) is 0 Å². The van der Waals surface area contributed by atoms with Gasteiger partial charge in [0.25, 0.3) is 5.91 Å². The van der Waals surface area contributed by atoms with Crippen molar-refractivity contribution in [2.45, 2.75) is 44.6 Å². The molecule has 0 aliphatic carbocycles.